The Morgan fingerprint density at radius 2 is 1.79 bits per heavy atom. The second-order valence-electron chi connectivity index (χ2n) is 5.47. The van der Waals surface area contributed by atoms with E-state index in [0.29, 0.717) is 6.04 Å². The van der Waals surface area contributed by atoms with Crippen molar-refractivity contribution < 1.29 is 0 Å². The summed E-state index contributed by atoms with van der Waals surface area (Å²) in [6, 6.07) is 9.47. The standard InChI is InChI=1S/C17H29NS/c1-5-11-18-17(13-19-12-14(3)6-2)16-9-7-15(4)8-10-16/h7-10,14,17-18H,5-6,11-13H2,1-4H3. The van der Waals surface area contributed by atoms with Gasteiger partial charge in [0.2, 0.25) is 0 Å². The molecule has 1 aromatic rings. The second-order valence-corrected chi connectivity index (χ2v) is 6.54. The minimum absolute atomic E-state index is 0.495. The first-order chi connectivity index (χ1) is 9.17. The van der Waals surface area contributed by atoms with Gasteiger partial charge in [-0.25, -0.2) is 0 Å². The van der Waals surface area contributed by atoms with E-state index in [9.17, 15) is 0 Å². The first-order valence-corrected chi connectivity index (χ1v) is 8.70. The quantitative estimate of drug-likeness (QED) is 0.696. The van der Waals surface area contributed by atoms with Crippen molar-refractivity contribution in [2.75, 3.05) is 18.1 Å². The van der Waals surface area contributed by atoms with Gasteiger partial charge in [-0.15, -0.1) is 0 Å². The van der Waals surface area contributed by atoms with Crippen LogP contribution in [0, 0.1) is 12.8 Å². The molecule has 1 nitrogen and oxygen atoms in total. The molecule has 2 unspecified atom stereocenters. The van der Waals surface area contributed by atoms with E-state index in [1.807, 2.05) is 0 Å². The maximum atomic E-state index is 3.68. The highest BCUT2D eigenvalue weighted by molar-refractivity contribution is 7.99. The Hall–Kier alpha value is -0.470. The summed E-state index contributed by atoms with van der Waals surface area (Å²) in [5.74, 6) is 3.27. The van der Waals surface area contributed by atoms with Crippen LogP contribution in [0.25, 0.3) is 0 Å². The Morgan fingerprint density at radius 1 is 1.11 bits per heavy atom. The SMILES string of the molecule is CCCNC(CSCC(C)CC)c1ccc(C)cc1. The molecular weight excluding hydrogens is 250 g/mol. The summed E-state index contributed by atoms with van der Waals surface area (Å²) in [5.41, 5.74) is 2.76. The molecule has 2 atom stereocenters. The number of thioether (sulfide) groups is 1. The van der Waals surface area contributed by atoms with Gasteiger partial charge in [-0.2, -0.15) is 11.8 Å². The average molecular weight is 279 g/mol. The summed E-state index contributed by atoms with van der Waals surface area (Å²) >= 11 is 2.08. The van der Waals surface area contributed by atoms with Crippen LogP contribution < -0.4 is 5.32 Å². The van der Waals surface area contributed by atoms with Crippen LogP contribution in [0.1, 0.15) is 50.8 Å². The third-order valence-electron chi connectivity index (χ3n) is 3.50. The third kappa shape index (κ3) is 6.49. The third-order valence-corrected chi connectivity index (χ3v) is 4.88. The lowest BCUT2D eigenvalue weighted by atomic mass is 10.1. The Bertz CT molecular complexity index is 334. The largest absolute Gasteiger partial charge is 0.309 e. The van der Waals surface area contributed by atoms with Crippen molar-refractivity contribution in [1.29, 1.82) is 0 Å². The highest BCUT2D eigenvalue weighted by atomic mass is 32.2. The first-order valence-electron chi connectivity index (χ1n) is 7.55. The summed E-state index contributed by atoms with van der Waals surface area (Å²) in [6.45, 7) is 10.1. The number of hydrogen-bond acceptors (Lipinski definition) is 2. The van der Waals surface area contributed by atoms with Gasteiger partial charge in [0, 0.05) is 11.8 Å². The van der Waals surface area contributed by atoms with E-state index in [0.717, 1.165) is 12.5 Å². The van der Waals surface area contributed by atoms with Crippen molar-refractivity contribution in [3.63, 3.8) is 0 Å². The number of aryl methyl sites for hydroxylation is 1. The molecule has 0 heterocycles. The number of nitrogens with one attached hydrogen (secondary N) is 1. The zero-order valence-electron chi connectivity index (χ0n) is 12.9. The maximum absolute atomic E-state index is 3.68. The maximum Gasteiger partial charge on any atom is 0.0411 e. The van der Waals surface area contributed by atoms with Gasteiger partial charge in [0.1, 0.15) is 0 Å². The fourth-order valence-corrected chi connectivity index (χ4v) is 3.22. The van der Waals surface area contributed by atoms with Gasteiger partial charge in [0.05, 0.1) is 0 Å². The van der Waals surface area contributed by atoms with Gasteiger partial charge in [-0.1, -0.05) is 57.0 Å². The topological polar surface area (TPSA) is 12.0 Å². The van der Waals surface area contributed by atoms with Gasteiger partial charge in [0.15, 0.2) is 0 Å². The van der Waals surface area contributed by atoms with Crippen LogP contribution in [0.4, 0.5) is 0 Å². The number of hydrogen-bond donors (Lipinski definition) is 1. The average Bonchev–Trinajstić information content (AvgIpc) is 2.43. The molecule has 0 aromatic heterocycles. The van der Waals surface area contributed by atoms with E-state index in [-0.39, 0.29) is 0 Å². The molecule has 0 fully saturated rings. The summed E-state index contributed by atoms with van der Waals surface area (Å²) < 4.78 is 0. The molecular formula is C17H29NS. The van der Waals surface area contributed by atoms with Crippen molar-refractivity contribution >= 4 is 11.8 Å². The van der Waals surface area contributed by atoms with Crippen LogP contribution in [0.2, 0.25) is 0 Å². The zero-order valence-corrected chi connectivity index (χ0v) is 13.7. The number of benzene rings is 1. The molecule has 19 heavy (non-hydrogen) atoms. The van der Waals surface area contributed by atoms with E-state index < -0.39 is 0 Å². The molecule has 1 aromatic carbocycles. The molecule has 0 bridgehead atoms. The predicted molar refractivity (Wildman–Crippen MR) is 89.0 cm³/mol. The molecule has 0 spiro atoms. The molecule has 1 rings (SSSR count). The highest BCUT2D eigenvalue weighted by Gasteiger charge is 2.11. The lowest BCUT2D eigenvalue weighted by Crippen LogP contribution is -2.24. The Labute approximate surface area is 123 Å². The molecule has 0 aliphatic heterocycles. The minimum atomic E-state index is 0.495. The first kappa shape index (κ1) is 16.6. The molecule has 0 aliphatic carbocycles. The van der Waals surface area contributed by atoms with Crippen molar-refractivity contribution in [3.05, 3.63) is 35.4 Å². The summed E-state index contributed by atoms with van der Waals surface area (Å²) in [7, 11) is 0. The van der Waals surface area contributed by atoms with Crippen molar-refractivity contribution in [2.45, 2.75) is 46.6 Å². The molecule has 0 saturated heterocycles. The molecule has 108 valence electrons. The van der Waals surface area contributed by atoms with Gasteiger partial charge in [-0.3, -0.25) is 0 Å². The monoisotopic (exact) mass is 279 g/mol. The highest BCUT2D eigenvalue weighted by Crippen LogP contribution is 2.21. The predicted octanol–water partition coefficient (Wildman–Crippen LogP) is 4.82. The smallest absolute Gasteiger partial charge is 0.0411 e. The van der Waals surface area contributed by atoms with Crippen molar-refractivity contribution in [3.8, 4) is 0 Å². The molecule has 1 N–H and O–H groups in total. The normalized spacial score (nSPS) is 14.3. The Morgan fingerprint density at radius 3 is 2.37 bits per heavy atom. The van der Waals surface area contributed by atoms with Crippen molar-refractivity contribution in [2.24, 2.45) is 5.92 Å². The van der Waals surface area contributed by atoms with Gasteiger partial charge < -0.3 is 5.32 Å². The summed E-state index contributed by atoms with van der Waals surface area (Å²) in [6.07, 6.45) is 2.48. The van der Waals surface area contributed by atoms with Crippen LogP contribution in [0.3, 0.4) is 0 Å². The molecule has 0 saturated carbocycles. The van der Waals surface area contributed by atoms with Crippen LogP contribution in [-0.2, 0) is 0 Å². The fraction of sp³-hybridized carbons (Fsp3) is 0.647. The van der Waals surface area contributed by atoms with Crippen LogP contribution in [0.5, 0.6) is 0 Å². The number of rotatable bonds is 9. The lowest BCUT2D eigenvalue weighted by molar-refractivity contribution is 0.575. The van der Waals surface area contributed by atoms with Crippen LogP contribution in [0.15, 0.2) is 24.3 Å². The van der Waals surface area contributed by atoms with Crippen LogP contribution in [-0.4, -0.2) is 18.1 Å². The van der Waals surface area contributed by atoms with Gasteiger partial charge >= 0.3 is 0 Å². The van der Waals surface area contributed by atoms with Crippen molar-refractivity contribution in [1.82, 2.24) is 5.32 Å². The van der Waals surface area contributed by atoms with E-state index in [2.05, 4.69) is 69.0 Å². The molecule has 0 amide bonds. The van der Waals surface area contributed by atoms with E-state index in [4.69, 9.17) is 0 Å². The van der Waals surface area contributed by atoms with E-state index in [1.165, 1.54) is 35.5 Å². The minimum Gasteiger partial charge on any atom is -0.309 e. The summed E-state index contributed by atoms with van der Waals surface area (Å²) in [4.78, 5) is 0. The summed E-state index contributed by atoms with van der Waals surface area (Å²) in [5, 5.41) is 3.68. The fourth-order valence-electron chi connectivity index (χ4n) is 1.90. The Kier molecular flexibility index (Phi) is 8.24. The molecule has 0 aliphatic rings. The van der Waals surface area contributed by atoms with Gasteiger partial charge in [-0.05, 0) is 37.1 Å². The molecule has 0 radical (unpaired) electrons. The second kappa shape index (κ2) is 9.44. The van der Waals surface area contributed by atoms with E-state index in [1.54, 1.807) is 0 Å². The van der Waals surface area contributed by atoms with Crippen LogP contribution >= 0.6 is 11.8 Å². The van der Waals surface area contributed by atoms with E-state index >= 15 is 0 Å². The Balaban J connectivity index is 2.53. The lowest BCUT2D eigenvalue weighted by Gasteiger charge is -2.20. The molecule has 2 heteroatoms. The van der Waals surface area contributed by atoms with Gasteiger partial charge in [0.25, 0.3) is 0 Å². The zero-order chi connectivity index (χ0) is 14.1.